The number of nitrogens with one attached hydrogen (secondary N) is 1. The molecule has 1 saturated heterocycles. The third kappa shape index (κ3) is 4.34. The summed E-state index contributed by atoms with van der Waals surface area (Å²) in [6, 6.07) is 0. The van der Waals surface area contributed by atoms with Gasteiger partial charge in [-0.25, -0.2) is 0 Å². The molecule has 3 heteroatoms. The van der Waals surface area contributed by atoms with E-state index in [4.69, 9.17) is 0 Å². The van der Waals surface area contributed by atoms with Crippen molar-refractivity contribution < 1.29 is 0 Å². The second-order valence-electron chi connectivity index (χ2n) is 3.51. The van der Waals surface area contributed by atoms with E-state index in [0.29, 0.717) is 0 Å². The van der Waals surface area contributed by atoms with Gasteiger partial charge >= 0.3 is 0 Å². The van der Waals surface area contributed by atoms with Crippen LogP contribution in [0.3, 0.4) is 0 Å². The smallest absolute Gasteiger partial charge is 0.0185 e. The van der Waals surface area contributed by atoms with E-state index >= 15 is 0 Å². The van der Waals surface area contributed by atoms with Crippen LogP contribution < -0.4 is 5.32 Å². The standard InChI is InChI=1S/C10H22N2S/c1-3-12(4-2)7-8-13-10-5-6-11-9-10/h10-11H,3-9H2,1-2H3. The van der Waals surface area contributed by atoms with Gasteiger partial charge in [0, 0.05) is 24.1 Å². The second kappa shape index (κ2) is 6.68. The maximum Gasteiger partial charge on any atom is 0.0185 e. The highest BCUT2D eigenvalue weighted by molar-refractivity contribution is 7.99. The molecule has 1 aliphatic heterocycles. The summed E-state index contributed by atoms with van der Waals surface area (Å²) in [6.45, 7) is 10.6. The van der Waals surface area contributed by atoms with E-state index < -0.39 is 0 Å². The summed E-state index contributed by atoms with van der Waals surface area (Å²) in [6.07, 6.45) is 1.36. The van der Waals surface area contributed by atoms with E-state index in [1.165, 1.54) is 44.9 Å². The Labute approximate surface area is 86.5 Å². The highest BCUT2D eigenvalue weighted by Gasteiger charge is 2.14. The summed E-state index contributed by atoms with van der Waals surface area (Å²) >= 11 is 2.14. The zero-order chi connectivity index (χ0) is 9.52. The zero-order valence-electron chi connectivity index (χ0n) is 8.88. The highest BCUT2D eigenvalue weighted by atomic mass is 32.2. The Balaban J connectivity index is 1.98. The minimum absolute atomic E-state index is 0.885. The fourth-order valence-corrected chi connectivity index (χ4v) is 2.88. The SMILES string of the molecule is CCN(CC)CCSC1CCNC1. The van der Waals surface area contributed by atoms with E-state index in [1.807, 2.05) is 0 Å². The first kappa shape index (κ1) is 11.3. The van der Waals surface area contributed by atoms with Crippen LogP contribution in [0.4, 0.5) is 0 Å². The Bertz CT molecular complexity index is 118. The number of nitrogens with zero attached hydrogens (tertiary/aromatic N) is 1. The van der Waals surface area contributed by atoms with Crippen LogP contribution in [0.5, 0.6) is 0 Å². The molecule has 0 spiro atoms. The molecule has 0 amide bonds. The van der Waals surface area contributed by atoms with E-state index in [2.05, 4.69) is 35.8 Å². The van der Waals surface area contributed by atoms with Crippen molar-refractivity contribution in [2.75, 3.05) is 38.5 Å². The summed E-state index contributed by atoms with van der Waals surface area (Å²) in [5.74, 6) is 1.30. The van der Waals surface area contributed by atoms with Crippen LogP contribution >= 0.6 is 11.8 Å². The first-order valence-electron chi connectivity index (χ1n) is 5.41. The van der Waals surface area contributed by atoms with Gasteiger partial charge in [-0.3, -0.25) is 0 Å². The second-order valence-corrected chi connectivity index (χ2v) is 4.92. The van der Waals surface area contributed by atoms with Crippen LogP contribution in [0.1, 0.15) is 20.3 Å². The van der Waals surface area contributed by atoms with Crippen molar-refractivity contribution in [2.24, 2.45) is 0 Å². The number of thioether (sulfide) groups is 1. The Hall–Kier alpha value is 0.270. The van der Waals surface area contributed by atoms with Crippen LogP contribution in [0.2, 0.25) is 0 Å². The minimum atomic E-state index is 0.885. The van der Waals surface area contributed by atoms with Gasteiger partial charge < -0.3 is 10.2 Å². The first-order valence-corrected chi connectivity index (χ1v) is 6.46. The van der Waals surface area contributed by atoms with Crippen molar-refractivity contribution in [3.63, 3.8) is 0 Å². The average molecular weight is 202 g/mol. The Morgan fingerprint density at radius 3 is 2.69 bits per heavy atom. The molecule has 0 radical (unpaired) electrons. The molecule has 1 rings (SSSR count). The van der Waals surface area contributed by atoms with E-state index in [9.17, 15) is 0 Å². The molecule has 1 fully saturated rings. The van der Waals surface area contributed by atoms with Crippen LogP contribution in [-0.2, 0) is 0 Å². The number of hydrogen-bond donors (Lipinski definition) is 1. The van der Waals surface area contributed by atoms with Gasteiger partial charge in [0.2, 0.25) is 0 Å². The lowest BCUT2D eigenvalue weighted by Crippen LogP contribution is -2.26. The summed E-state index contributed by atoms with van der Waals surface area (Å²) in [7, 11) is 0. The van der Waals surface area contributed by atoms with Crippen molar-refractivity contribution in [3.8, 4) is 0 Å². The van der Waals surface area contributed by atoms with Crippen molar-refractivity contribution in [2.45, 2.75) is 25.5 Å². The predicted molar refractivity (Wildman–Crippen MR) is 61.5 cm³/mol. The molecule has 2 nitrogen and oxygen atoms in total. The molecule has 1 heterocycles. The molecular formula is C10H22N2S. The monoisotopic (exact) mass is 202 g/mol. The Morgan fingerprint density at radius 1 is 1.38 bits per heavy atom. The van der Waals surface area contributed by atoms with Crippen LogP contribution in [0.15, 0.2) is 0 Å². The molecule has 78 valence electrons. The van der Waals surface area contributed by atoms with Crippen molar-refractivity contribution in [3.05, 3.63) is 0 Å². The Morgan fingerprint density at radius 2 is 2.15 bits per heavy atom. The predicted octanol–water partition coefficient (Wildman–Crippen LogP) is 1.42. The Kier molecular flexibility index (Phi) is 5.83. The molecule has 0 aromatic rings. The van der Waals surface area contributed by atoms with Gasteiger partial charge in [0.1, 0.15) is 0 Å². The molecular weight excluding hydrogens is 180 g/mol. The number of hydrogen-bond acceptors (Lipinski definition) is 3. The fraction of sp³-hybridized carbons (Fsp3) is 1.00. The molecule has 0 aliphatic carbocycles. The lowest BCUT2D eigenvalue weighted by Gasteiger charge is -2.18. The van der Waals surface area contributed by atoms with Crippen LogP contribution in [-0.4, -0.2) is 48.6 Å². The van der Waals surface area contributed by atoms with E-state index in [1.54, 1.807) is 0 Å². The van der Waals surface area contributed by atoms with Crippen LogP contribution in [0, 0.1) is 0 Å². The van der Waals surface area contributed by atoms with Gasteiger partial charge in [0.05, 0.1) is 0 Å². The highest BCUT2D eigenvalue weighted by Crippen LogP contribution is 2.16. The van der Waals surface area contributed by atoms with Gasteiger partial charge in [0.15, 0.2) is 0 Å². The summed E-state index contributed by atoms with van der Waals surface area (Å²) in [5.41, 5.74) is 0. The third-order valence-electron chi connectivity index (χ3n) is 2.67. The normalized spacial score (nSPS) is 22.8. The summed E-state index contributed by atoms with van der Waals surface area (Å²) < 4.78 is 0. The largest absolute Gasteiger partial charge is 0.316 e. The minimum Gasteiger partial charge on any atom is -0.316 e. The van der Waals surface area contributed by atoms with Crippen LogP contribution in [0.25, 0.3) is 0 Å². The fourth-order valence-electron chi connectivity index (χ4n) is 1.66. The van der Waals surface area contributed by atoms with Crippen molar-refractivity contribution >= 4 is 11.8 Å². The van der Waals surface area contributed by atoms with Gasteiger partial charge in [-0.05, 0) is 26.1 Å². The molecule has 0 aromatic carbocycles. The molecule has 1 aliphatic rings. The quantitative estimate of drug-likeness (QED) is 0.701. The molecule has 1 atom stereocenters. The zero-order valence-corrected chi connectivity index (χ0v) is 9.70. The third-order valence-corrected chi connectivity index (χ3v) is 3.96. The molecule has 13 heavy (non-hydrogen) atoms. The molecule has 1 N–H and O–H groups in total. The number of rotatable bonds is 6. The average Bonchev–Trinajstić information content (AvgIpc) is 2.65. The lowest BCUT2D eigenvalue weighted by atomic mass is 10.4. The molecule has 0 aromatic heterocycles. The van der Waals surface area contributed by atoms with Crippen molar-refractivity contribution in [1.29, 1.82) is 0 Å². The lowest BCUT2D eigenvalue weighted by molar-refractivity contribution is 0.324. The summed E-state index contributed by atoms with van der Waals surface area (Å²) in [4.78, 5) is 2.50. The summed E-state index contributed by atoms with van der Waals surface area (Å²) in [5, 5.41) is 4.29. The van der Waals surface area contributed by atoms with E-state index in [-0.39, 0.29) is 0 Å². The maximum absolute atomic E-state index is 3.40. The molecule has 0 saturated carbocycles. The van der Waals surface area contributed by atoms with Gasteiger partial charge in [-0.2, -0.15) is 11.8 Å². The molecule has 1 unspecified atom stereocenters. The van der Waals surface area contributed by atoms with E-state index in [0.717, 1.165) is 5.25 Å². The first-order chi connectivity index (χ1) is 6.36. The van der Waals surface area contributed by atoms with Gasteiger partial charge in [-0.15, -0.1) is 0 Å². The maximum atomic E-state index is 3.40. The topological polar surface area (TPSA) is 15.3 Å². The van der Waals surface area contributed by atoms with Gasteiger partial charge in [0.25, 0.3) is 0 Å². The molecule has 0 bridgehead atoms. The van der Waals surface area contributed by atoms with Gasteiger partial charge in [-0.1, -0.05) is 13.8 Å². The van der Waals surface area contributed by atoms with Crippen molar-refractivity contribution in [1.82, 2.24) is 10.2 Å².